The highest BCUT2D eigenvalue weighted by Crippen LogP contribution is 2.26. The van der Waals surface area contributed by atoms with Crippen LogP contribution in [0, 0.1) is 11.6 Å². The van der Waals surface area contributed by atoms with Gasteiger partial charge in [-0.2, -0.15) is 0 Å². The molecule has 0 saturated carbocycles. The lowest BCUT2D eigenvalue weighted by atomic mass is 10.3. The maximum atomic E-state index is 13.1. The molecule has 1 aromatic rings. The summed E-state index contributed by atoms with van der Waals surface area (Å²) < 4.78 is 26.1. The fourth-order valence-corrected chi connectivity index (χ4v) is 1.78. The van der Waals surface area contributed by atoms with Crippen molar-refractivity contribution in [3.8, 4) is 0 Å². The summed E-state index contributed by atoms with van der Waals surface area (Å²) in [5.74, 6) is -0.619. The van der Waals surface area contributed by atoms with Crippen molar-refractivity contribution in [3.05, 3.63) is 28.2 Å². The number of hydrogen-bond donors (Lipinski definition) is 1. The molecule has 1 rings (SSSR count). The second-order valence-electron chi connectivity index (χ2n) is 2.27. The van der Waals surface area contributed by atoms with E-state index in [1.165, 1.54) is 0 Å². The van der Waals surface area contributed by atoms with E-state index in [4.69, 9.17) is 5.11 Å². The molecule has 0 bridgehead atoms. The second kappa shape index (κ2) is 4.93. The van der Waals surface area contributed by atoms with Gasteiger partial charge in [0, 0.05) is 10.6 Å². The average molecular weight is 269 g/mol. The first-order chi connectivity index (χ1) is 6.15. The van der Waals surface area contributed by atoms with Crippen LogP contribution in [0.4, 0.5) is 8.78 Å². The molecule has 1 N–H and O–H groups in total. The zero-order valence-electron chi connectivity index (χ0n) is 6.56. The van der Waals surface area contributed by atoms with Gasteiger partial charge in [-0.1, -0.05) is 0 Å². The molecule has 0 aliphatic rings. The molecule has 1 nitrogen and oxygen atoms in total. The molecule has 0 spiro atoms. The predicted molar refractivity (Wildman–Crippen MR) is 51.9 cm³/mol. The first-order valence-corrected chi connectivity index (χ1v) is 5.31. The van der Waals surface area contributed by atoms with E-state index in [9.17, 15) is 8.78 Å². The quantitative estimate of drug-likeness (QED) is 0.672. The normalized spacial score (nSPS) is 10.5. The molecular formula is C8H7BrF2OS. The smallest absolute Gasteiger partial charge is 0.138 e. The second-order valence-corrected chi connectivity index (χ2v) is 4.26. The van der Waals surface area contributed by atoms with Gasteiger partial charge < -0.3 is 5.11 Å². The van der Waals surface area contributed by atoms with Gasteiger partial charge in [-0.15, -0.1) is 11.8 Å². The van der Waals surface area contributed by atoms with E-state index in [0.717, 1.165) is 23.9 Å². The van der Waals surface area contributed by atoms with Crippen LogP contribution in [0.2, 0.25) is 0 Å². The Kier molecular flexibility index (Phi) is 4.15. The zero-order chi connectivity index (χ0) is 9.84. The largest absolute Gasteiger partial charge is 0.396 e. The summed E-state index contributed by atoms with van der Waals surface area (Å²) in [4.78, 5) is 0.217. The highest BCUT2D eigenvalue weighted by atomic mass is 79.9. The number of aliphatic hydroxyl groups is 1. The van der Waals surface area contributed by atoms with Crippen molar-refractivity contribution in [2.24, 2.45) is 0 Å². The summed E-state index contributed by atoms with van der Waals surface area (Å²) in [6.07, 6.45) is 0. The average Bonchev–Trinajstić information content (AvgIpc) is 2.09. The topological polar surface area (TPSA) is 20.2 Å². The molecule has 0 heterocycles. The number of aliphatic hydroxyl groups excluding tert-OH is 1. The molecule has 0 aliphatic carbocycles. The van der Waals surface area contributed by atoms with Crippen LogP contribution in [0.15, 0.2) is 21.5 Å². The number of benzene rings is 1. The fourth-order valence-electron chi connectivity index (χ4n) is 0.771. The maximum absolute atomic E-state index is 13.1. The van der Waals surface area contributed by atoms with Crippen LogP contribution < -0.4 is 0 Å². The Hall–Kier alpha value is -0.130. The molecule has 0 atom stereocenters. The summed E-state index contributed by atoms with van der Waals surface area (Å²) in [6, 6.07) is 2.19. The van der Waals surface area contributed by atoms with Crippen molar-refractivity contribution in [1.29, 1.82) is 0 Å². The van der Waals surface area contributed by atoms with Crippen LogP contribution in [-0.2, 0) is 0 Å². The highest BCUT2D eigenvalue weighted by molar-refractivity contribution is 9.10. The molecule has 0 radical (unpaired) electrons. The molecule has 0 aliphatic heterocycles. The minimum atomic E-state index is -0.498. The van der Waals surface area contributed by atoms with Gasteiger partial charge in [0.15, 0.2) is 0 Å². The van der Waals surface area contributed by atoms with E-state index in [-0.39, 0.29) is 16.0 Å². The molecular weight excluding hydrogens is 262 g/mol. The first-order valence-electron chi connectivity index (χ1n) is 3.53. The molecule has 72 valence electrons. The summed E-state index contributed by atoms with van der Waals surface area (Å²) in [5, 5.41) is 8.50. The van der Waals surface area contributed by atoms with Crippen molar-refractivity contribution in [2.45, 2.75) is 4.90 Å². The summed E-state index contributed by atoms with van der Waals surface area (Å²) in [7, 11) is 0. The molecule has 0 amide bonds. The number of rotatable bonds is 3. The van der Waals surface area contributed by atoms with Gasteiger partial charge >= 0.3 is 0 Å². The maximum Gasteiger partial charge on any atom is 0.138 e. The Morgan fingerprint density at radius 3 is 2.62 bits per heavy atom. The van der Waals surface area contributed by atoms with Gasteiger partial charge in [-0.05, 0) is 28.1 Å². The van der Waals surface area contributed by atoms with E-state index in [2.05, 4.69) is 15.9 Å². The van der Waals surface area contributed by atoms with E-state index in [0.29, 0.717) is 5.75 Å². The van der Waals surface area contributed by atoms with E-state index >= 15 is 0 Å². The Morgan fingerprint density at radius 1 is 1.31 bits per heavy atom. The van der Waals surface area contributed by atoms with Crippen LogP contribution >= 0.6 is 27.7 Å². The number of thioether (sulfide) groups is 1. The molecule has 13 heavy (non-hydrogen) atoms. The van der Waals surface area contributed by atoms with Crippen LogP contribution in [0.25, 0.3) is 0 Å². The van der Waals surface area contributed by atoms with Gasteiger partial charge in [0.05, 0.1) is 11.1 Å². The van der Waals surface area contributed by atoms with Gasteiger partial charge in [-0.25, -0.2) is 8.78 Å². The Balaban J connectivity index is 2.88. The lowest BCUT2D eigenvalue weighted by molar-refractivity contribution is 0.322. The SMILES string of the molecule is OCCSc1cc(F)c(Br)cc1F. The predicted octanol–water partition coefficient (Wildman–Crippen LogP) is 2.81. The minimum Gasteiger partial charge on any atom is -0.396 e. The van der Waals surface area contributed by atoms with E-state index in [1.54, 1.807) is 0 Å². The standard InChI is InChI=1S/C8H7BrF2OS/c9-5-3-7(11)8(4-6(5)10)13-2-1-12/h3-4,12H,1-2H2. The Labute approximate surface area is 87.3 Å². The monoisotopic (exact) mass is 268 g/mol. The van der Waals surface area contributed by atoms with Crippen LogP contribution in [0.3, 0.4) is 0 Å². The molecule has 0 saturated heterocycles. The van der Waals surface area contributed by atoms with Crippen molar-refractivity contribution < 1.29 is 13.9 Å². The van der Waals surface area contributed by atoms with Gasteiger partial charge in [0.1, 0.15) is 11.6 Å². The van der Waals surface area contributed by atoms with E-state index in [1.807, 2.05) is 0 Å². The third-order valence-corrected chi connectivity index (χ3v) is 2.94. The number of hydrogen-bond acceptors (Lipinski definition) is 2. The van der Waals surface area contributed by atoms with Crippen molar-refractivity contribution >= 4 is 27.7 Å². The molecule has 0 fully saturated rings. The van der Waals surface area contributed by atoms with E-state index < -0.39 is 11.6 Å². The summed E-state index contributed by atoms with van der Waals surface area (Å²) in [6.45, 7) is -0.0538. The van der Waals surface area contributed by atoms with Crippen molar-refractivity contribution in [3.63, 3.8) is 0 Å². The Bertz CT molecular complexity index is 306. The van der Waals surface area contributed by atoms with Gasteiger partial charge in [-0.3, -0.25) is 0 Å². The first kappa shape index (κ1) is 10.9. The van der Waals surface area contributed by atoms with Crippen LogP contribution in [-0.4, -0.2) is 17.5 Å². The third-order valence-electron chi connectivity index (χ3n) is 1.32. The van der Waals surface area contributed by atoms with Crippen LogP contribution in [0.5, 0.6) is 0 Å². The minimum absolute atomic E-state index is 0.0538. The lowest BCUT2D eigenvalue weighted by Gasteiger charge is -2.02. The van der Waals surface area contributed by atoms with Crippen molar-refractivity contribution in [1.82, 2.24) is 0 Å². The number of halogens is 3. The van der Waals surface area contributed by atoms with Crippen molar-refractivity contribution in [2.75, 3.05) is 12.4 Å². The van der Waals surface area contributed by atoms with Gasteiger partial charge in [0.25, 0.3) is 0 Å². The van der Waals surface area contributed by atoms with Crippen LogP contribution in [0.1, 0.15) is 0 Å². The fraction of sp³-hybridized carbons (Fsp3) is 0.250. The summed E-state index contributed by atoms with van der Waals surface area (Å²) in [5.41, 5.74) is 0. The molecule has 1 aromatic carbocycles. The molecule has 0 unspecified atom stereocenters. The zero-order valence-corrected chi connectivity index (χ0v) is 8.96. The third kappa shape index (κ3) is 2.93. The lowest BCUT2D eigenvalue weighted by Crippen LogP contribution is -1.90. The summed E-state index contributed by atoms with van der Waals surface area (Å²) >= 11 is 3.96. The van der Waals surface area contributed by atoms with Gasteiger partial charge in [0.2, 0.25) is 0 Å². The highest BCUT2D eigenvalue weighted by Gasteiger charge is 2.07. The Morgan fingerprint density at radius 2 is 2.00 bits per heavy atom. The molecule has 5 heteroatoms. The molecule has 0 aromatic heterocycles.